The normalized spacial score (nSPS) is 27.8. The van der Waals surface area contributed by atoms with E-state index in [9.17, 15) is 13.2 Å². The van der Waals surface area contributed by atoms with Gasteiger partial charge >= 0.3 is 0 Å². The number of carbonyl (C=O) groups excluding carboxylic acids is 1. The summed E-state index contributed by atoms with van der Waals surface area (Å²) in [6.45, 7) is 2.67. The number of aromatic nitrogens is 1. The summed E-state index contributed by atoms with van der Waals surface area (Å²) in [5, 5.41) is 7.02. The van der Waals surface area contributed by atoms with E-state index >= 15 is 0 Å². The molecule has 4 aliphatic rings. The van der Waals surface area contributed by atoms with Crippen LogP contribution in [0.3, 0.4) is 0 Å². The monoisotopic (exact) mass is 513 g/mol. The summed E-state index contributed by atoms with van der Waals surface area (Å²) >= 11 is 0. The molecule has 1 aliphatic carbocycles. The van der Waals surface area contributed by atoms with E-state index in [-0.39, 0.29) is 30.1 Å². The standard InChI is InChI=1S/C26H35N5O4S/c32-26(24-16-25(35-28-24)19-6-7-19)27-21-14-22-8-9-23(15-21)31(22)36(33,34)29-20-10-12-30(13-11-20)17-18-4-2-1-3-5-18/h1-5,16,19-23,29H,6-15,17H2,(H,27,32)/t21-,22+,23-. The lowest BCUT2D eigenvalue weighted by molar-refractivity contribution is 0.0899. The number of benzene rings is 1. The Labute approximate surface area is 212 Å². The second kappa shape index (κ2) is 9.89. The van der Waals surface area contributed by atoms with Crippen LogP contribution in [-0.4, -0.2) is 65.9 Å². The number of nitrogens with one attached hydrogen (secondary N) is 2. The number of hydrogen-bond acceptors (Lipinski definition) is 6. The van der Waals surface area contributed by atoms with Gasteiger partial charge in [-0.2, -0.15) is 17.4 Å². The number of carbonyl (C=O) groups is 1. The van der Waals surface area contributed by atoms with Crippen LogP contribution < -0.4 is 10.0 Å². The van der Waals surface area contributed by atoms with Gasteiger partial charge in [0.15, 0.2) is 5.69 Å². The summed E-state index contributed by atoms with van der Waals surface area (Å²) in [6, 6.07) is 11.9. The fourth-order valence-electron chi connectivity index (χ4n) is 6.18. The third kappa shape index (κ3) is 5.22. The van der Waals surface area contributed by atoms with Crippen LogP contribution in [-0.2, 0) is 16.8 Å². The number of hydrogen-bond donors (Lipinski definition) is 2. The van der Waals surface area contributed by atoms with E-state index in [1.807, 2.05) is 6.07 Å². The number of fused-ring (bicyclic) bond motifs is 2. The van der Waals surface area contributed by atoms with Crippen LogP contribution in [0.15, 0.2) is 40.9 Å². The number of amides is 1. The topological polar surface area (TPSA) is 108 Å². The zero-order valence-electron chi connectivity index (χ0n) is 20.5. The van der Waals surface area contributed by atoms with Crippen LogP contribution in [0.1, 0.15) is 79.1 Å². The number of piperidine rings is 2. The molecule has 6 rings (SSSR count). The van der Waals surface area contributed by atoms with Crippen LogP contribution in [0, 0.1) is 0 Å². The van der Waals surface area contributed by atoms with E-state index in [1.165, 1.54) is 5.56 Å². The van der Waals surface area contributed by atoms with Gasteiger partial charge in [-0.15, -0.1) is 0 Å². The van der Waals surface area contributed by atoms with Crippen molar-refractivity contribution in [2.45, 2.75) is 88.0 Å². The van der Waals surface area contributed by atoms with E-state index in [2.05, 4.69) is 44.4 Å². The van der Waals surface area contributed by atoms with Gasteiger partial charge < -0.3 is 9.84 Å². The molecule has 4 fully saturated rings. The summed E-state index contributed by atoms with van der Waals surface area (Å²) < 4.78 is 36.8. The van der Waals surface area contributed by atoms with Gasteiger partial charge in [0.2, 0.25) is 0 Å². The molecule has 1 saturated carbocycles. The molecule has 3 atom stereocenters. The van der Waals surface area contributed by atoms with Crippen molar-refractivity contribution in [2.24, 2.45) is 0 Å². The van der Waals surface area contributed by atoms with Gasteiger partial charge in [0.1, 0.15) is 5.76 Å². The summed E-state index contributed by atoms with van der Waals surface area (Å²) in [5.74, 6) is 0.969. The largest absolute Gasteiger partial charge is 0.360 e. The first-order valence-electron chi connectivity index (χ1n) is 13.3. The van der Waals surface area contributed by atoms with Gasteiger partial charge in [0, 0.05) is 55.8 Å². The lowest BCUT2D eigenvalue weighted by Gasteiger charge is -2.39. The van der Waals surface area contributed by atoms with E-state index in [1.54, 1.807) is 10.4 Å². The van der Waals surface area contributed by atoms with Crippen molar-refractivity contribution in [3.05, 3.63) is 53.4 Å². The first kappa shape index (κ1) is 24.1. The maximum Gasteiger partial charge on any atom is 0.280 e. The van der Waals surface area contributed by atoms with Crippen molar-refractivity contribution in [3.8, 4) is 0 Å². The average molecular weight is 514 g/mol. The first-order valence-corrected chi connectivity index (χ1v) is 14.7. The molecule has 3 saturated heterocycles. The number of nitrogens with zero attached hydrogens (tertiary/aromatic N) is 3. The molecular formula is C26H35N5O4S. The molecule has 1 amide bonds. The molecule has 36 heavy (non-hydrogen) atoms. The minimum absolute atomic E-state index is 0.0355. The van der Waals surface area contributed by atoms with Crippen molar-refractivity contribution >= 4 is 16.1 Å². The SMILES string of the molecule is O=C(N[C@H]1C[C@H]2CC[C@@H](C1)N2S(=O)(=O)NC1CCN(Cc2ccccc2)CC1)c1cc(C2CC2)on1. The van der Waals surface area contributed by atoms with Gasteiger partial charge in [-0.1, -0.05) is 35.5 Å². The van der Waals surface area contributed by atoms with E-state index in [0.717, 1.165) is 63.9 Å². The van der Waals surface area contributed by atoms with Gasteiger partial charge in [0.05, 0.1) is 0 Å². The Kier molecular flexibility index (Phi) is 6.62. The highest BCUT2D eigenvalue weighted by atomic mass is 32.2. The minimum atomic E-state index is -3.57. The van der Waals surface area contributed by atoms with Gasteiger partial charge in [-0.3, -0.25) is 9.69 Å². The Balaban J connectivity index is 1.01. The van der Waals surface area contributed by atoms with Crippen molar-refractivity contribution in [1.29, 1.82) is 0 Å². The molecule has 1 aromatic heterocycles. The molecule has 0 spiro atoms. The Hall–Kier alpha value is -2.27. The third-order valence-electron chi connectivity index (χ3n) is 8.17. The molecule has 4 heterocycles. The maximum absolute atomic E-state index is 13.4. The van der Waals surface area contributed by atoms with E-state index in [0.29, 0.717) is 24.5 Å². The highest BCUT2D eigenvalue weighted by Crippen LogP contribution is 2.40. The molecular weight excluding hydrogens is 478 g/mol. The smallest absolute Gasteiger partial charge is 0.280 e. The molecule has 10 heteroatoms. The highest BCUT2D eigenvalue weighted by Gasteiger charge is 2.47. The molecule has 0 unspecified atom stereocenters. The molecule has 194 valence electrons. The van der Waals surface area contributed by atoms with Crippen LogP contribution >= 0.6 is 0 Å². The molecule has 2 bridgehead atoms. The predicted octanol–water partition coefficient (Wildman–Crippen LogP) is 2.78. The molecule has 1 aromatic carbocycles. The van der Waals surface area contributed by atoms with Crippen LogP contribution in [0.5, 0.6) is 0 Å². The lowest BCUT2D eigenvalue weighted by Crippen LogP contribution is -2.57. The van der Waals surface area contributed by atoms with Crippen molar-refractivity contribution in [2.75, 3.05) is 13.1 Å². The summed E-state index contributed by atoms with van der Waals surface area (Å²) in [7, 11) is -3.57. The summed E-state index contributed by atoms with van der Waals surface area (Å²) in [6.07, 6.45) is 6.74. The summed E-state index contributed by atoms with van der Waals surface area (Å²) in [5.41, 5.74) is 1.61. The van der Waals surface area contributed by atoms with Crippen molar-refractivity contribution < 1.29 is 17.7 Å². The third-order valence-corrected chi connectivity index (χ3v) is 9.95. The fraction of sp³-hybridized carbons (Fsp3) is 0.615. The predicted molar refractivity (Wildman–Crippen MR) is 134 cm³/mol. The van der Waals surface area contributed by atoms with Crippen LogP contribution in [0.4, 0.5) is 0 Å². The van der Waals surface area contributed by atoms with Gasteiger partial charge in [-0.25, -0.2) is 0 Å². The van der Waals surface area contributed by atoms with Crippen molar-refractivity contribution in [3.63, 3.8) is 0 Å². The minimum Gasteiger partial charge on any atom is -0.360 e. The quantitative estimate of drug-likeness (QED) is 0.562. The Morgan fingerprint density at radius 1 is 0.972 bits per heavy atom. The number of likely N-dealkylation sites (tertiary alicyclic amines) is 1. The first-order chi connectivity index (χ1) is 17.4. The fourth-order valence-corrected chi connectivity index (χ4v) is 8.13. The second-order valence-electron chi connectivity index (χ2n) is 10.9. The van der Waals surface area contributed by atoms with E-state index in [4.69, 9.17) is 4.52 Å². The van der Waals surface area contributed by atoms with Crippen LogP contribution in [0.25, 0.3) is 0 Å². The zero-order valence-corrected chi connectivity index (χ0v) is 21.3. The maximum atomic E-state index is 13.4. The molecule has 3 aliphatic heterocycles. The zero-order chi connectivity index (χ0) is 24.7. The van der Waals surface area contributed by atoms with Gasteiger partial charge in [-0.05, 0) is 56.9 Å². The van der Waals surface area contributed by atoms with Crippen LogP contribution in [0.2, 0.25) is 0 Å². The Morgan fingerprint density at radius 3 is 2.33 bits per heavy atom. The van der Waals surface area contributed by atoms with Crippen molar-refractivity contribution in [1.82, 2.24) is 24.4 Å². The van der Waals surface area contributed by atoms with Gasteiger partial charge in [0.25, 0.3) is 16.1 Å². The molecule has 0 radical (unpaired) electrons. The molecule has 2 aromatic rings. The highest BCUT2D eigenvalue weighted by molar-refractivity contribution is 7.87. The second-order valence-corrected chi connectivity index (χ2v) is 12.5. The Bertz CT molecular complexity index is 1160. The van der Waals surface area contributed by atoms with E-state index < -0.39 is 10.2 Å². The number of rotatable bonds is 8. The average Bonchev–Trinajstić information content (AvgIpc) is 3.51. The molecule has 9 nitrogen and oxygen atoms in total. The Morgan fingerprint density at radius 2 is 1.67 bits per heavy atom. The summed E-state index contributed by atoms with van der Waals surface area (Å²) in [4.78, 5) is 15.1. The lowest BCUT2D eigenvalue weighted by atomic mass is 9.99. The molecule has 2 N–H and O–H groups in total.